The van der Waals surface area contributed by atoms with Gasteiger partial charge in [0.25, 0.3) is 11.8 Å². The summed E-state index contributed by atoms with van der Waals surface area (Å²) < 4.78 is 15.9. The van der Waals surface area contributed by atoms with Crippen molar-refractivity contribution in [2.24, 2.45) is 0 Å². The SMILES string of the molecule is CC(Oc1ccccc1)C(=O)NNC(=O)c1ccc2c(c1)OCO2. The summed E-state index contributed by atoms with van der Waals surface area (Å²) in [5, 5.41) is 0. The third-order valence-corrected chi connectivity index (χ3v) is 3.36. The van der Waals surface area contributed by atoms with Gasteiger partial charge in [-0.3, -0.25) is 20.4 Å². The van der Waals surface area contributed by atoms with Crippen LogP contribution in [0.15, 0.2) is 48.5 Å². The Labute approximate surface area is 138 Å². The summed E-state index contributed by atoms with van der Waals surface area (Å²) in [7, 11) is 0. The van der Waals surface area contributed by atoms with E-state index in [-0.39, 0.29) is 6.79 Å². The van der Waals surface area contributed by atoms with Gasteiger partial charge in [0.05, 0.1) is 0 Å². The molecular weight excluding hydrogens is 312 g/mol. The van der Waals surface area contributed by atoms with Gasteiger partial charge < -0.3 is 14.2 Å². The standard InChI is InChI=1S/C17H16N2O5/c1-11(24-13-5-3-2-4-6-13)16(20)18-19-17(21)12-7-8-14-15(9-12)23-10-22-14/h2-9,11H,10H2,1H3,(H,18,20)(H,19,21). The van der Waals surface area contributed by atoms with E-state index in [4.69, 9.17) is 14.2 Å². The molecule has 0 aromatic heterocycles. The zero-order chi connectivity index (χ0) is 16.9. The lowest BCUT2D eigenvalue weighted by molar-refractivity contribution is -0.128. The molecule has 7 heteroatoms. The number of benzene rings is 2. The minimum atomic E-state index is -0.760. The zero-order valence-electron chi connectivity index (χ0n) is 12.9. The van der Waals surface area contributed by atoms with Gasteiger partial charge in [0.1, 0.15) is 5.75 Å². The molecule has 2 amide bonds. The summed E-state index contributed by atoms with van der Waals surface area (Å²) in [4.78, 5) is 24.0. The number of carbonyl (C=O) groups excluding carboxylic acids is 2. The summed E-state index contributed by atoms with van der Waals surface area (Å²) in [6.07, 6.45) is -0.760. The van der Waals surface area contributed by atoms with Crippen LogP contribution >= 0.6 is 0 Å². The number of rotatable bonds is 4. The average molecular weight is 328 g/mol. The molecule has 124 valence electrons. The van der Waals surface area contributed by atoms with Gasteiger partial charge in [-0.1, -0.05) is 18.2 Å². The molecule has 2 aromatic rings. The Bertz CT molecular complexity index is 748. The molecule has 0 saturated heterocycles. The summed E-state index contributed by atoms with van der Waals surface area (Å²) in [6.45, 7) is 1.72. The number of para-hydroxylation sites is 1. The fourth-order valence-electron chi connectivity index (χ4n) is 2.09. The topological polar surface area (TPSA) is 85.9 Å². The average Bonchev–Trinajstić information content (AvgIpc) is 3.07. The van der Waals surface area contributed by atoms with Gasteiger partial charge in [0.2, 0.25) is 6.79 Å². The van der Waals surface area contributed by atoms with Crippen LogP contribution in [-0.2, 0) is 4.79 Å². The highest BCUT2D eigenvalue weighted by Crippen LogP contribution is 2.32. The Morgan fingerprint density at radius 1 is 1.04 bits per heavy atom. The second kappa shape index (κ2) is 6.91. The van der Waals surface area contributed by atoms with E-state index in [1.807, 2.05) is 6.07 Å². The van der Waals surface area contributed by atoms with Gasteiger partial charge in [-0.05, 0) is 37.3 Å². The van der Waals surface area contributed by atoms with Crippen LogP contribution in [0.1, 0.15) is 17.3 Å². The number of hydrogen-bond acceptors (Lipinski definition) is 5. The van der Waals surface area contributed by atoms with E-state index in [0.717, 1.165) is 0 Å². The molecule has 7 nitrogen and oxygen atoms in total. The van der Waals surface area contributed by atoms with E-state index in [0.29, 0.717) is 22.8 Å². The van der Waals surface area contributed by atoms with Crippen molar-refractivity contribution in [2.75, 3.05) is 6.79 Å². The number of ether oxygens (including phenoxy) is 3. The molecule has 1 unspecified atom stereocenters. The van der Waals surface area contributed by atoms with Crippen LogP contribution in [0.2, 0.25) is 0 Å². The number of nitrogens with one attached hydrogen (secondary N) is 2. The minimum absolute atomic E-state index is 0.130. The molecule has 1 aliphatic rings. The van der Waals surface area contributed by atoms with Crippen LogP contribution < -0.4 is 25.1 Å². The molecule has 0 spiro atoms. The maximum atomic E-state index is 12.1. The molecule has 1 atom stereocenters. The molecule has 1 heterocycles. The first-order valence-electron chi connectivity index (χ1n) is 7.35. The Kier molecular flexibility index (Phi) is 4.51. The molecule has 2 aromatic carbocycles. The Hall–Kier alpha value is -3.22. The highest BCUT2D eigenvalue weighted by Gasteiger charge is 2.18. The van der Waals surface area contributed by atoms with Crippen molar-refractivity contribution in [1.82, 2.24) is 10.9 Å². The molecule has 0 fully saturated rings. The van der Waals surface area contributed by atoms with Crippen LogP contribution in [0.25, 0.3) is 0 Å². The third-order valence-electron chi connectivity index (χ3n) is 3.36. The van der Waals surface area contributed by atoms with Crippen LogP contribution in [-0.4, -0.2) is 24.7 Å². The van der Waals surface area contributed by atoms with E-state index in [2.05, 4.69) is 10.9 Å². The van der Waals surface area contributed by atoms with Gasteiger partial charge in [-0.25, -0.2) is 0 Å². The van der Waals surface area contributed by atoms with Gasteiger partial charge in [-0.2, -0.15) is 0 Å². The molecule has 2 N–H and O–H groups in total. The maximum absolute atomic E-state index is 12.1. The number of hydrogen-bond donors (Lipinski definition) is 2. The largest absolute Gasteiger partial charge is 0.481 e. The quantitative estimate of drug-likeness (QED) is 0.834. The fraction of sp³-hybridized carbons (Fsp3) is 0.176. The second-order valence-corrected chi connectivity index (χ2v) is 5.08. The normalized spacial score (nSPS) is 13.0. The fourth-order valence-corrected chi connectivity index (χ4v) is 2.09. The van der Waals surface area contributed by atoms with Crippen LogP contribution in [0, 0.1) is 0 Å². The summed E-state index contributed by atoms with van der Waals surface area (Å²) in [6, 6.07) is 13.7. The lowest BCUT2D eigenvalue weighted by atomic mass is 10.2. The summed E-state index contributed by atoms with van der Waals surface area (Å²) >= 11 is 0. The predicted molar refractivity (Wildman–Crippen MR) is 84.7 cm³/mol. The zero-order valence-corrected chi connectivity index (χ0v) is 12.9. The van der Waals surface area contributed by atoms with Gasteiger partial charge in [0, 0.05) is 5.56 Å². The Balaban J connectivity index is 1.53. The van der Waals surface area contributed by atoms with Crippen LogP contribution in [0.4, 0.5) is 0 Å². The van der Waals surface area contributed by atoms with Crippen molar-refractivity contribution in [1.29, 1.82) is 0 Å². The number of amides is 2. The molecule has 0 saturated carbocycles. The predicted octanol–water partition coefficient (Wildman–Crippen LogP) is 1.64. The molecular formula is C17H16N2O5. The first-order chi connectivity index (χ1) is 11.6. The third kappa shape index (κ3) is 3.57. The van der Waals surface area contributed by atoms with Gasteiger partial charge in [-0.15, -0.1) is 0 Å². The Morgan fingerprint density at radius 3 is 2.58 bits per heavy atom. The number of hydrazine groups is 1. The molecule has 0 aliphatic carbocycles. The van der Waals surface area contributed by atoms with Crippen molar-refractivity contribution < 1.29 is 23.8 Å². The van der Waals surface area contributed by atoms with E-state index in [1.165, 1.54) is 0 Å². The molecule has 0 bridgehead atoms. The van der Waals surface area contributed by atoms with E-state index in [9.17, 15) is 9.59 Å². The smallest absolute Gasteiger partial charge is 0.279 e. The molecule has 1 aliphatic heterocycles. The van der Waals surface area contributed by atoms with E-state index >= 15 is 0 Å². The summed E-state index contributed by atoms with van der Waals surface area (Å²) in [5.74, 6) is 0.721. The molecule has 0 radical (unpaired) electrons. The second-order valence-electron chi connectivity index (χ2n) is 5.08. The maximum Gasteiger partial charge on any atom is 0.279 e. The van der Waals surface area contributed by atoms with Crippen molar-refractivity contribution in [2.45, 2.75) is 13.0 Å². The van der Waals surface area contributed by atoms with Crippen molar-refractivity contribution in [3.8, 4) is 17.2 Å². The van der Waals surface area contributed by atoms with E-state index in [1.54, 1.807) is 49.4 Å². The summed E-state index contributed by atoms with van der Waals surface area (Å²) in [5.41, 5.74) is 5.02. The lowest BCUT2D eigenvalue weighted by Crippen LogP contribution is -2.47. The first-order valence-corrected chi connectivity index (χ1v) is 7.35. The number of carbonyl (C=O) groups is 2. The highest BCUT2D eigenvalue weighted by atomic mass is 16.7. The molecule has 3 rings (SSSR count). The van der Waals surface area contributed by atoms with Crippen LogP contribution in [0.3, 0.4) is 0 Å². The van der Waals surface area contributed by atoms with Crippen molar-refractivity contribution >= 4 is 11.8 Å². The van der Waals surface area contributed by atoms with Crippen molar-refractivity contribution in [3.05, 3.63) is 54.1 Å². The highest BCUT2D eigenvalue weighted by molar-refractivity contribution is 5.96. The molecule has 24 heavy (non-hydrogen) atoms. The Morgan fingerprint density at radius 2 is 1.79 bits per heavy atom. The number of fused-ring (bicyclic) bond motifs is 1. The van der Waals surface area contributed by atoms with Gasteiger partial charge in [0.15, 0.2) is 17.6 Å². The van der Waals surface area contributed by atoms with Crippen LogP contribution in [0.5, 0.6) is 17.2 Å². The minimum Gasteiger partial charge on any atom is -0.481 e. The lowest BCUT2D eigenvalue weighted by Gasteiger charge is -2.15. The monoisotopic (exact) mass is 328 g/mol. The van der Waals surface area contributed by atoms with E-state index < -0.39 is 17.9 Å². The first kappa shape index (κ1) is 15.7. The van der Waals surface area contributed by atoms with Crippen molar-refractivity contribution in [3.63, 3.8) is 0 Å². The van der Waals surface area contributed by atoms with Gasteiger partial charge >= 0.3 is 0 Å².